The van der Waals surface area contributed by atoms with Crippen molar-refractivity contribution in [3.63, 3.8) is 0 Å². The number of carbonyl (C=O) groups is 3. The Morgan fingerprint density at radius 3 is 2.54 bits per heavy atom. The van der Waals surface area contributed by atoms with Gasteiger partial charge in [0.05, 0.1) is 13.2 Å². The first-order valence-electron chi connectivity index (χ1n) is 11.7. The highest BCUT2D eigenvalue weighted by atomic mass is 19.1. The van der Waals surface area contributed by atoms with Gasteiger partial charge in [-0.2, -0.15) is 0 Å². The maximum absolute atomic E-state index is 13.9. The van der Waals surface area contributed by atoms with Crippen LogP contribution < -0.4 is 5.32 Å². The lowest BCUT2D eigenvalue weighted by Gasteiger charge is -2.44. The average molecular weight is 484 g/mol. The van der Waals surface area contributed by atoms with Crippen LogP contribution in [0, 0.1) is 12.7 Å². The maximum atomic E-state index is 13.9. The third kappa shape index (κ3) is 5.06. The average Bonchev–Trinajstić information content (AvgIpc) is 3.22. The summed E-state index contributed by atoms with van der Waals surface area (Å²) in [4.78, 5) is 42.9. The van der Waals surface area contributed by atoms with E-state index in [0.29, 0.717) is 44.6 Å². The Labute approximate surface area is 204 Å². The first kappa shape index (κ1) is 24.8. The summed E-state index contributed by atoms with van der Waals surface area (Å²) in [6, 6.07) is 11.9. The molecule has 9 heteroatoms. The van der Waals surface area contributed by atoms with Crippen molar-refractivity contribution in [2.45, 2.75) is 31.5 Å². The number of likely N-dealkylation sites (tertiary alicyclic amines) is 1. The highest BCUT2D eigenvalue weighted by Crippen LogP contribution is 2.39. The molecule has 35 heavy (non-hydrogen) atoms. The SMILES string of the molecule is COCCNC(=O)[C@@H]1COC2(CCN(C(=O)c3ccccc3C)CC2)N1C(=O)c1cccc(F)c1. The summed E-state index contributed by atoms with van der Waals surface area (Å²) >= 11 is 0. The van der Waals surface area contributed by atoms with Gasteiger partial charge in [0.1, 0.15) is 17.6 Å². The second-order valence-electron chi connectivity index (χ2n) is 8.85. The molecule has 2 saturated heterocycles. The van der Waals surface area contributed by atoms with Gasteiger partial charge >= 0.3 is 0 Å². The van der Waals surface area contributed by atoms with Gasteiger partial charge in [0, 0.05) is 50.7 Å². The first-order chi connectivity index (χ1) is 16.9. The molecule has 2 fully saturated rings. The van der Waals surface area contributed by atoms with Crippen molar-refractivity contribution in [3.05, 3.63) is 71.0 Å². The molecule has 1 atom stereocenters. The summed E-state index contributed by atoms with van der Waals surface area (Å²) in [5.41, 5.74) is 0.613. The Bertz CT molecular complexity index is 1100. The molecular weight excluding hydrogens is 453 g/mol. The Morgan fingerprint density at radius 1 is 1.11 bits per heavy atom. The highest BCUT2D eigenvalue weighted by Gasteiger charge is 2.54. The number of hydrogen-bond donors (Lipinski definition) is 1. The number of nitrogens with one attached hydrogen (secondary N) is 1. The normalized spacial score (nSPS) is 19.1. The van der Waals surface area contributed by atoms with Crippen molar-refractivity contribution >= 4 is 17.7 Å². The van der Waals surface area contributed by atoms with Gasteiger partial charge in [0.2, 0.25) is 5.91 Å². The summed E-state index contributed by atoms with van der Waals surface area (Å²) in [6.45, 7) is 3.25. The van der Waals surface area contributed by atoms with Crippen LogP contribution in [0.25, 0.3) is 0 Å². The van der Waals surface area contributed by atoms with Crippen molar-refractivity contribution in [1.29, 1.82) is 0 Å². The van der Waals surface area contributed by atoms with E-state index < -0.39 is 23.5 Å². The molecule has 0 unspecified atom stereocenters. The molecule has 0 bridgehead atoms. The number of aryl methyl sites for hydroxylation is 1. The number of ether oxygens (including phenoxy) is 2. The Hall–Kier alpha value is -3.30. The van der Waals surface area contributed by atoms with Crippen molar-refractivity contribution < 1.29 is 28.2 Å². The number of piperidine rings is 1. The largest absolute Gasteiger partial charge is 0.383 e. The minimum Gasteiger partial charge on any atom is -0.383 e. The number of methoxy groups -OCH3 is 1. The predicted molar refractivity (Wildman–Crippen MR) is 126 cm³/mol. The summed E-state index contributed by atoms with van der Waals surface area (Å²) in [5, 5.41) is 2.77. The number of benzene rings is 2. The van der Waals surface area contributed by atoms with Gasteiger partial charge < -0.3 is 19.7 Å². The van der Waals surface area contributed by atoms with Crippen LogP contribution in [-0.4, -0.2) is 79.2 Å². The molecule has 2 aromatic rings. The van der Waals surface area contributed by atoms with E-state index in [1.807, 2.05) is 25.1 Å². The summed E-state index contributed by atoms with van der Waals surface area (Å²) in [7, 11) is 1.53. The van der Waals surface area contributed by atoms with Crippen LogP contribution in [0.2, 0.25) is 0 Å². The van der Waals surface area contributed by atoms with E-state index in [4.69, 9.17) is 9.47 Å². The molecule has 0 aromatic heterocycles. The third-order valence-electron chi connectivity index (χ3n) is 6.67. The van der Waals surface area contributed by atoms with Gasteiger partial charge in [-0.15, -0.1) is 0 Å². The van der Waals surface area contributed by atoms with Crippen molar-refractivity contribution in [2.75, 3.05) is 40.0 Å². The van der Waals surface area contributed by atoms with Gasteiger partial charge in [0.15, 0.2) is 0 Å². The predicted octanol–water partition coefficient (Wildman–Crippen LogP) is 2.37. The minimum absolute atomic E-state index is 0.0195. The minimum atomic E-state index is -1.06. The van der Waals surface area contributed by atoms with Crippen LogP contribution in [0.4, 0.5) is 4.39 Å². The summed E-state index contributed by atoms with van der Waals surface area (Å²) in [5.74, 6) is -1.45. The number of carbonyl (C=O) groups excluding carboxylic acids is 3. The Morgan fingerprint density at radius 2 is 1.86 bits per heavy atom. The lowest BCUT2D eigenvalue weighted by molar-refractivity contribution is -0.128. The smallest absolute Gasteiger partial charge is 0.256 e. The summed E-state index contributed by atoms with van der Waals surface area (Å²) in [6.07, 6.45) is 0.682. The molecular formula is C26H30FN3O5. The van der Waals surface area contributed by atoms with Crippen LogP contribution in [0.3, 0.4) is 0 Å². The molecule has 2 aliphatic rings. The van der Waals surface area contributed by atoms with E-state index in [1.54, 1.807) is 11.0 Å². The van der Waals surface area contributed by atoms with Crippen molar-refractivity contribution in [1.82, 2.24) is 15.1 Å². The number of nitrogens with zero attached hydrogens (tertiary/aromatic N) is 2. The van der Waals surface area contributed by atoms with Gasteiger partial charge in [0.25, 0.3) is 11.8 Å². The van der Waals surface area contributed by atoms with Crippen LogP contribution in [0.1, 0.15) is 39.1 Å². The van der Waals surface area contributed by atoms with E-state index in [9.17, 15) is 18.8 Å². The third-order valence-corrected chi connectivity index (χ3v) is 6.67. The zero-order valence-corrected chi connectivity index (χ0v) is 20.0. The molecule has 2 aliphatic heterocycles. The molecule has 8 nitrogen and oxygen atoms in total. The van der Waals surface area contributed by atoms with E-state index in [2.05, 4.69) is 5.32 Å². The van der Waals surface area contributed by atoms with Crippen molar-refractivity contribution in [2.24, 2.45) is 0 Å². The molecule has 0 radical (unpaired) electrons. The lowest BCUT2D eigenvalue weighted by Crippen LogP contribution is -2.60. The molecule has 1 N–H and O–H groups in total. The van der Waals surface area contributed by atoms with Crippen LogP contribution in [0.15, 0.2) is 48.5 Å². The van der Waals surface area contributed by atoms with E-state index in [-0.39, 0.29) is 24.0 Å². The molecule has 3 amide bonds. The Kier molecular flexibility index (Phi) is 7.47. The second kappa shape index (κ2) is 10.5. The molecule has 4 rings (SSSR count). The zero-order valence-electron chi connectivity index (χ0n) is 20.0. The van der Waals surface area contributed by atoms with Gasteiger partial charge in [-0.3, -0.25) is 19.3 Å². The fourth-order valence-corrected chi connectivity index (χ4v) is 4.76. The number of halogens is 1. The number of hydrogen-bond acceptors (Lipinski definition) is 5. The molecule has 2 aromatic carbocycles. The first-order valence-corrected chi connectivity index (χ1v) is 11.7. The topological polar surface area (TPSA) is 88.2 Å². The fourth-order valence-electron chi connectivity index (χ4n) is 4.76. The molecule has 1 spiro atoms. The van der Waals surface area contributed by atoms with Gasteiger partial charge in [-0.25, -0.2) is 4.39 Å². The standard InChI is InChI=1S/C26H30FN3O5/c1-18-6-3-4-9-21(18)25(33)29-13-10-26(11-14-29)30(24(32)19-7-5-8-20(27)16-19)22(17-35-26)23(31)28-12-15-34-2/h3-9,16,22H,10-15,17H2,1-2H3,(H,28,31)/t22-/m0/s1. The van der Waals surface area contributed by atoms with E-state index >= 15 is 0 Å². The zero-order chi connectivity index (χ0) is 25.0. The van der Waals surface area contributed by atoms with Crippen LogP contribution in [0.5, 0.6) is 0 Å². The van der Waals surface area contributed by atoms with Crippen LogP contribution in [-0.2, 0) is 14.3 Å². The molecule has 0 aliphatic carbocycles. The quantitative estimate of drug-likeness (QED) is 0.638. The maximum Gasteiger partial charge on any atom is 0.256 e. The monoisotopic (exact) mass is 483 g/mol. The van der Waals surface area contributed by atoms with Crippen LogP contribution >= 0.6 is 0 Å². The Balaban J connectivity index is 1.57. The number of amides is 3. The summed E-state index contributed by atoms with van der Waals surface area (Å²) < 4.78 is 25.0. The van der Waals surface area contributed by atoms with Gasteiger partial charge in [-0.1, -0.05) is 24.3 Å². The van der Waals surface area contributed by atoms with Gasteiger partial charge in [-0.05, 0) is 36.8 Å². The van der Waals surface area contributed by atoms with E-state index in [1.165, 1.54) is 30.2 Å². The molecule has 186 valence electrons. The van der Waals surface area contributed by atoms with Crippen molar-refractivity contribution in [3.8, 4) is 0 Å². The fraction of sp³-hybridized carbons (Fsp3) is 0.423. The highest BCUT2D eigenvalue weighted by molar-refractivity contribution is 5.99. The van der Waals surface area contributed by atoms with E-state index in [0.717, 1.165) is 11.6 Å². The lowest BCUT2D eigenvalue weighted by atomic mass is 9.95. The number of rotatable bonds is 6. The molecule has 0 saturated carbocycles. The molecule has 2 heterocycles. The second-order valence-corrected chi connectivity index (χ2v) is 8.85.